The summed E-state index contributed by atoms with van der Waals surface area (Å²) in [7, 11) is 0. The zero-order chi connectivity index (χ0) is 5.82. The molecule has 1 heteroatoms. The van der Waals surface area contributed by atoms with Crippen molar-refractivity contribution in [2.75, 3.05) is 4.43 Å². The minimum atomic E-state index is 0.987. The fraction of sp³-hybridized carbons (Fsp3) is 0.714. The van der Waals surface area contributed by atoms with E-state index in [1.54, 1.807) is 0 Å². The summed E-state index contributed by atoms with van der Waals surface area (Å²) in [5.41, 5.74) is 0. The van der Waals surface area contributed by atoms with Crippen LogP contribution in [0.1, 0.15) is 19.3 Å². The number of hydrogen-bond acceptors (Lipinski definition) is 0. The normalized spacial score (nSPS) is 28.4. The van der Waals surface area contributed by atoms with Gasteiger partial charge in [-0.2, -0.15) is 0 Å². The molecule has 0 aliphatic heterocycles. The van der Waals surface area contributed by atoms with Crippen molar-refractivity contribution in [3.8, 4) is 0 Å². The fourth-order valence-corrected chi connectivity index (χ4v) is 1.80. The summed E-state index contributed by atoms with van der Waals surface area (Å²) >= 11 is 2.47. The highest BCUT2D eigenvalue weighted by Crippen LogP contribution is 2.19. The summed E-state index contributed by atoms with van der Waals surface area (Å²) in [5.74, 6) is 0.987. The van der Waals surface area contributed by atoms with E-state index >= 15 is 0 Å². The van der Waals surface area contributed by atoms with E-state index in [0.29, 0.717) is 0 Å². The van der Waals surface area contributed by atoms with Gasteiger partial charge >= 0.3 is 0 Å². The maximum absolute atomic E-state index is 2.47. The van der Waals surface area contributed by atoms with Crippen LogP contribution in [0.25, 0.3) is 0 Å². The molecule has 8 heavy (non-hydrogen) atoms. The molecule has 0 fully saturated rings. The molecule has 0 N–H and O–H groups in total. The molecule has 0 amide bonds. The summed E-state index contributed by atoms with van der Waals surface area (Å²) in [4.78, 5) is 0. The molecular formula is C7H11I. The lowest BCUT2D eigenvalue weighted by Gasteiger charge is -2.13. The molecule has 0 spiro atoms. The van der Waals surface area contributed by atoms with Crippen LogP contribution in [0.15, 0.2) is 12.2 Å². The maximum Gasteiger partial charge on any atom is 0.00267 e. The van der Waals surface area contributed by atoms with Crippen LogP contribution in [0.5, 0.6) is 0 Å². The lowest BCUT2D eigenvalue weighted by Crippen LogP contribution is -2.02. The topological polar surface area (TPSA) is 0 Å². The van der Waals surface area contributed by atoms with Crippen molar-refractivity contribution >= 4 is 22.6 Å². The van der Waals surface area contributed by atoms with Gasteiger partial charge in [-0.3, -0.25) is 0 Å². The van der Waals surface area contributed by atoms with Crippen LogP contribution in [0.4, 0.5) is 0 Å². The van der Waals surface area contributed by atoms with Crippen molar-refractivity contribution < 1.29 is 0 Å². The van der Waals surface area contributed by atoms with E-state index in [1.165, 1.54) is 23.7 Å². The van der Waals surface area contributed by atoms with Crippen molar-refractivity contribution in [1.82, 2.24) is 0 Å². The second-order valence-electron chi connectivity index (χ2n) is 2.30. The summed E-state index contributed by atoms with van der Waals surface area (Å²) in [6, 6.07) is 0. The Morgan fingerprint density at radius 2 is 2.38 bits per heavy atom. The molecule has 0 saturated carbocycles. The standard InChI is InChI=1S/C7H11I/c8-6-7-4-2-1-3-5-7/h1-2,7H,3-6H2/t7-/m0/s1. The SMILES string of the molecule is IC[C@H]1CC=CCC1. The first-order valence-corrected chi connectivity index (χ1v) is 4.67. The van der Waals surface area contributed by atoms with Gasteiger partial charge in [0.05, 0.1) is 0 Å². The molecule has 0 heterocycles. The van der Waals surface area contributed by atoms with E-state index < -0.39 is 0 Å². The number of alkyl halides is 1. The number of allylic oxidation sites excluding steroid dienone is 2. The second-order valence-corrected chi connectivity index (χ2v) is 3.19. The Hall–Kier alpha value is 0.470. The highest BCUT2D eigenvalue weighted by molar-refractivity contribution is 14.1. The molecule has 0 nitrogen and oxygen atoms in total. The average Bonchev–Trinajstić information content (AvgIpc) is 1.90. The van der Waals surface area contributed by atoms with Crippen molar-refractivity contribution in [3.63, 3.8) is 0 Å². The molecule has 0 aromatic rings. The molecule has 0 aromatic heterocycles. The zero-order valence-corrected chi connectivity index (χ0v) is 7.10. The van der Waals surface area contributed by atoms with Crippen molar-refractivity contribution in [3.05, 3.63) is 12.2 Å². The molecule has 1 aliphatic carbocycles. The summed E-state index contributed by atoms with van der Waals surface area (Å²) in [6.07, 6.45) is 8.66. The van der Waals surface area contributed by atoms with Crippen LogP contribution >= 0.6 is 22.6 Å². The van der Waals surface area contributed by atoms with E-state index in [1.807, 2.05) is 0 Å². The van der Waals surface area contributed by atoms with Crippen LogP contribution in [0.2, 0.25) is 0 Å². The first-order valence-electron chi connectivity index (χ1n) is 3.14. The van der Waals surface area contributed by atoms with Gasteiger partial charge < -0.3 is 0 Å². The second kappa shape index (κ2) is 3.49. The van der Waals surface area contributed by atoms with E-state index in [-0.39, 0.29) is 0 Å². The van der Waals surface area contributed by atoms with E-state index in [9.17, 15) is 0 Å². The van der Waals surface area contributed by atoms with Gasteiger partial charge in [0.2, 0.25) is 0 Å². The van der Waals surface area contributed by atoms with Gasteiger partial charge in [0.1, 0.15) is 0 Å². The third kappa shape index (κ3) is 1.77. The Morgan fingerprint density at radius 1 is 1.50 bits per heavy atom. The quantitative estimate of drug-likeness (QED) is 0.363. The Bertz CT molecular complexity index is 86.4. The molecular weight excluding hydrogens is 211 g/mol. The van der Waals surface area contributed by atoms with Crippen LogP contribution < -0.4 is 0 Å². The molecule has 0 radical (unpaired) electrons. The Labute approximate surface area is 64.5 Å². The molecule has 1 rings (SSSR count). The zero-order valence-electron chi connectivity index (χ0n) is 4.94. The fourth-order valence-electron chi connectivity index (χ4n) is 0.996. The lowest BCUT2D eigenvalue weighted by molar-refractivity contribution is 0.543. The molecule has 46 valence electrons. The molecule has 1 atom stereocenters. The molecule has 0 aromatic carbocycles. The summed E-state index contributed by atoms with van der Waals surface area (Å²) in [5, 5.41) is 0. The van der Waals surface area contributed by atoms with E-state index in [0.717, 1.165) is 5.92 Å². The van der Waals surface area contributed by atoms with Gasteiger partial charge in [-0.05, 0) is 25.2 Å². The number of hydrogen-bond donors (Lipinski definition) is 0. The average molecular weight is 222 g/mol. The third-order valence-electron chi connectivity index (χ3n) is 1.60. The van der Waals surface area contributed by atoms with Gasteiger partial charge in [0.15, 0.2) is 0 Å². The predicted molar refractivity (Wildman–Crippen MR) is 45.4 cm³/mol. The summed E-state index contributed by atoms with van der Waals surface area (Å²) < 4.78 is 1.34. The number of halogens is 1. The highest BCUT2D eigenvalue weighted by Gasteiger charge is 2.05. The largest absolute Gasteiger partial charge is 0.0885 e. The third-order valence-corrected chi connectivity index (χ3v) is 2.84. The van der Waals surface area contributed by atoms with Crippen molar-refractivity contribution in [2.45, 2.75) is 19.3 Å². The van der Waals surface area contributed by atoms with Crippen molar-refractivity contribution in [1.29, 1.82) is 0 Å². The Kier molecular flexibility index (Phi) is 2.87. The molecule has 0 bridgehead atoms. The predicted octanol–water partition coefficient (Wildman–Crippen LogP) is 2.78. The lowest BCUT2D eigenvalue weighted by atomic mass is 9.97. The molecule has 0 unspecified atom stereocenters. The minimum Gasteiger partial charge on any atom is -0.0885 e. The van der Waals surface area contributed by atoms with Crippen LogP contribution in [-0.2, 0) is 0 Å². The van der Waals surface area contributed by atoms with Gasteiger partial charge in [-0.1, -0.05) is 34.7 Å². The first kappa shape index (κ1) is 6.59. The Morgan fingerprint density at radius 3 is 2.75 bits per heavy atom. The minimum absolute atomic E-state index is 0.987. The van der Waals surface area contributed by atoms with E-state index in [2.05, 4.69) is 34.7 Å². The highest BCUT2D eigenvalue weighted by atomic mass is 127. The molecule has 1 aliphatic rings. The smallest absolute Gasteiger partial charge is 0.00267 e. The van der Waals surface area contributed by atoms with Gasteiger partial charge in [0, 0.05) is 4.43 Å². The number of rotatable bonds is 1. The maximum atomic E-state index is 2.47. The Balaban J connectivity index is 2.27. The molecule has 0 saturated heterocycles. The van der Waals surface area contributed by atoms with Gasteiger partial charge in [-0.25, -0.2) is 0 Å². The summed E-state index contributed by atoms with van der Waals surface area (Å²) in [6.45, 7) is 0. The van der Waals surface area contributed by atoms with Gasteiger partial charge in [0.25, 0.3) is 0 Å². The van der Waals surface area contributed by atoms with Crippen LogP contribution in [-0.4, -0.2) is 4.43 Å². The van der Waals surface area contributed by atoms with Crippen molar-refractivity contribution in [2.24, 2.45) is 5.92 Å². The van der Waals surface area contributed by atoms with Crippen LogP contribution in [0.3, 0.4) is 0 Å². The van der Waals surface area contributed by atoms with Gasteiger partial charge in [-0.15, -0.1) is 0 Å². The van der Waals surface area contributed by atoms with E-state index in [4.69, 9.17) is 0 Å². The first-order chi connectivity index (χ1) is 3.93. The van der Waals surface area contributed by atoms with Crippen LogP contribution in [0, 0.1) is 5.92 Å². The monoisotopic (exact) mass is 222 g/mol.